The first-order valence-electron chi connectivity index (χ1n) is 8.98. The Hall–Kier alpha value is -3.52. The summed E-state index contributed by atoms with van der Waals surface area (Å²) in [7, 11) is 0. The van der Waals surface area contributed by atoms with Gasteiger partial charge in [0.1, 0.15) is 5.69 Å². The van der Waals surface area contributed by atoms with Gasteiger partial charge < -0.3 is 16.0 Å². The van der Waals surface area contributed by atoms with E-state index in [1.165, 1.54) is 18.3 Å². The largest absolute Gasteiger partial charge is 0.326 e. The first-order valence-corrected chi connectivity index (χ1v) is 9.86. The van der Waals surface area contributed by atoms with Crippen molar-refractivity contribution in [3.05, 3.63) is 71.2 Å². The van der Waals surface area contributed by atoms with E-state index < -0.39 is 5.91 Å². The molecule has 0 aliphatic heterocycles. The predicted molar refractivity (Wildman–Crippen MR) is 114 cm³/mol. The lowest BCUT2D eigenvalue weighted by molar-refractivity contribution is -0.116. The summed E-state index contributed by atoms with van der Waals surface area (Å²) >= 11 is 1.19. The summed E-state index contributed by atoms with van der Waals surface area (Å²) in [6.45, 7) is 1.41. The molecular formula is C21H20N4O3S. The van der Waals surface area contributed by atoms with E-state index in [-0.39, 0.29) is 17.5 Å². The van der Waals surface area contributed by atoms with Gasteiger partial charge in [-0.1, -0.05) is 36.4 Å². The van der Waals surface area contributed by atoms with Crippen LogP contribution >= 0.6 is 11.3 Å². The average molecular weight is 408 g/mol. The second-order valence-electron chi connectivity index (χ2n) is 6.29. The van der Waals surface area contributed by atoms with Crippen molar-refractivity contribution >= 4 is 45.6 Å². The molecule has 0 unspecified atom stereocenters. The fourth-order valence-corrected chi connectivity index (χ4v) is 3.30. The summed E-state index contributed by atoms with van der Waals surface area (Å²) in [6.07, 6.45) is 0.969. The minimum atomic E-state index is -0.397. The lowest BCUT2D eigenvalue weighted by Gasteiger charge is -2.06. The molecule has 0 aliphatic carbocycles. The Bertz CT molecular complexity index is 1020. The maximum atomic E-state index is 12.4. The van der Waals surface area contributed by atoms with Gasteiger partial charge in [0, 0.05) is 30.1 Å². The Kier molecular flexibility index (Phi) is 6.70. The fourth-order valence-electron chi connectivity index (χ4n) is 2.59. The van der Waals surface area contributed by atoms with Gasteiger partial charge in [-0.05, 0) is 30.2 Å². The van der Waals surface area contributed by atoms with Crippen molar-refractivity contribution in [1.82, 2.24) is 4.98 Å². The summed E-state index contributed by atoms with van der Waals surface area (Å²) < 4.78 is 0. The van der Waals surface area contributed by atoms with Crippen LogP contribution in [0, 0.1) is 0 Å². The van der Waals surface area contributed by atoms with Gasteiger partial charge in [-0.15, -0.1) is 11.3 Å². The van der Waals surface area contributed by atoms with Crippen molar-refractivity contribution < 1.29 is 14.4 Å². The molecule has 0 atom stereocenters. The highest BCUT2D eigenvalue weighted by atomic mass is 32.1. The number of nitrogens with zero attached hydrogens (tertiary/aromatic N) is 1. The van der Waals surface area contributed by atoms with Crippen LogP contribution in [0.5, 0.6) is 0 Å². The number of benzene rings is 2. The standard InChI is InChI=1S/C21H20N4O3S/c1-14(26)22-16-8-5-9-17(12-16)23-20(28)18-13-29-21(24-18)25-19(27)11-10-15-6-3-2-4-7-15/h2-9,12-13H,10-11H2,1H3,(H,22,26)(H,23,28)(H,24,25,27). The van der Waals surface area contributed by atoms with E-state index in [1.54, 1.807) is 29.6 Å². The number of carbonyl (C=O) groups is 3. The third-order valence-electron chi connectivity index (χ3n) is 3.91. The van der Waals surface area contributed by atoms with Gasteiger partial charge in [0.2, 0.25) is 11.8 Å². The van der Waals surface area contributed by atoms with E-state index in [4.69, 9.17) is 0 Å². The van der Waals surface area contributed by atoms with Gasteiger partial charge >= 0.3 is 0 Å². The highest BCUT2D eigenvalue weighted by Gasteiger charge is 2.13. The fraction of sp³-hybridized carbons (Fsp3) is 0.143. The zero-order valence-corrected chi connectivity index (χ0v) is 16.6. The predicted octanol–water partition coefficient (Wildman–Crippen LogP) is 3.93. The highest BCUT2D eigenvalue weighted by Crippen LogP contribution is 2.19. The maximum absolute atomic E-state index is 12.4. The molecule has 1 aromatic heterocycles. The number of hydrogen-bond donors (Lipinski definition) is 3. The van der Waals surface area contributed by atoms with Gasteiger partial charge in [0.25, 0.3) is 5.91 Å². The zero-order valence-electron chi connectivity index (χ0n) is 15.8. The minimum absolute atomic E-state index is 0.154. The van der Waals surface area contributed by atoms with Crippen LogP contribution in [0.15, 0.2) is 60.0 Å². The summed E-state index contributed by atoms with van der Waals surface area (Å²) in [4.78, 5) is 39.8. The molecule has 0 bridgehead atoms. The Labute approximate surface area is 172 Å². The van der Waals surface area contributed by atoms with Crippen LogP contribution in [0.25, 0.3) is 0 Å². The molecule has 0 radical (unpaired) electrons. The van der Waals surface area contributed by atoms with Crippen molar-refractivity contribution in [1.29, 1.82) is 0 Å². The number of amides is 3. The molecule has 7 nitrogen and oxygen atoms in total. The number of thiazole rings is 1. The summed E-state index contributed by atoms with van der Waals surface area (Å²) in [5.41, 5.74) is 2.41. The minimum Gasteiger partial charge on any atom is -0.326 e. The molecule has 2 aromatic carbocycles. The third-order valence-corrected chi connectivity index (χ3v) is 4.67. The highest BCUT2D eigenvalue weighted by molar-refractivity contribution is 7.14. The molecule has 0 saturated heterocycles. The van der Waals surface area contributed by atoms with E-state index in [2.05, 4.69) is 20.9 Å². The molecule has 0 saturated carbocycles. The number of nitrogens with one attached hydrogen (secondary N) is 3. The van der Waals surface area contributed by atoms with Crippen molar-refractivity contribution in [3.8, 4) is 0 Å². The van der Waals surface area contributed by atoms with Crippen LogP contribution in [0.4, 0.5) is 16.5 Å². The second kappa shape index (κ2) is 9.61. The van der Waals surface area contributed by atoms with E-state index >= 15 is 0 Å². The normalized spacial score (nSPS) is 10.2. The second-order valence-corrected chi connectivity index (χ2v) is 7.15. The molecule has 3 aromatic rings. The Morgan fingerprint density at radius 3 is 2.38 bits per heavy atom. The van der Waals surface area contributed by atoms with E-state index in [0.29, 0.717) is 29.3 Å². The van der Waals surface area contributed by atoms with Gasteiger partial charge in [-0.25, -0.2) is 4.98 Å². The van der Waals surface area contributed by atoms with Crippen molar-refractivity contribution in [3.63, 3.8) is 0 Å². The number of carbonyl (C=O) groups excluding carboxylic acids is 3. The molecule has 0 fully saturated rings. The number of anilines is 3. The lowest BCUT2D eigenvalue weighted by atomic mass is 10.1. The molecule has 3 amide bonds. The van der Waals surface area contributed by atoms with Crippen LogP contribution in [0.3, 0.4) is 0 Å². The topological polar surface area (TPSA) is 100 Å². The Morgan fingerprint density at radius 2 is 1.66 bits per heavy atom. The average Bonchev–Trinajstić information content (AvgIpc) is 3.15. The smallest absolute Gasteiger partial charge is 0.275 e. The van der Waals surface area contributed by atoms with E-state index in [1.807, 2.05) is 30.3 Å². The first kappa shape index (κ1) is 20.2. The molecule has 1 heterocycles. The SMILES string of the molecule is CC(=O)Nc1cccc(NC(=O)c2csc(NC(=O)CCc3ccccc3)n2)c1. The van der Waals surface area contributed by atoms with Gasteiger partial charge in [0.05, 0.1) is 0 Å². The summed E-state index contributed by atoms with van der Waals surface area (Å²) in [5.74, 6) is -0.746. The van der Waals surface area contributed by atoms with Crippen LogP contribution in [-0.4, -0.2) is 22.7 Å². The molecule has 148 valence electrons. The third kappa shape index (κ3) is 6.25. The molecule has 29 heavy (non-hydrogen) atoms. The number of aromatic nitrogens is 1. The first-order chi connectivity index (χ1) is 14.0. The molecule has 0 spiro atoms. The molecule has 0 aliphatic rings. The number of hydrogen-bond acceptors (Lipinski definition) is 5. The molecular weight excluding hydrogens is 388 g/mol. The zero-order chi connectivity index (χ0) is 20.6. The number of rotatable bonds is 7. The van der Waals surface area contributed by atoms with Crippen LogP contribution < -0.4 is 16.0 Å². The van der Waals surface area contributed by atoms with Crippen LogP contribution in [0.2, 0.25) is 0 Å². The van der Waals surface area contributed by atoms with Crippen molar-refractivity contribution in [2.24, 2.45) is 0 Å². The van der Waals surface area contributed by atoms with Crippen LogP contribution in [-0.2, 0) is 16.0 Å². The van der Waals surface area contributed by atoms with Gasteiger partial charge in [-0.2, -0.15) is 0 Å². The number of aryl methyl sites for hydroxylation is 1. The van der Waals surface area contributed by atoms with E-state index in [9.17, 15) is 14.4 Å². The molecule has 3 N–H and O–H groups in total. The molecule has 8 heteroatoms. The summed E-state index contributed by atoms with van der Waals surface area (Å²) in [5, 5.41) is 10.1. The monoisotopic (exact) mass is 408 g/mol. The van der Waals surface area contributed by atoms with Gasteiger partial charge in [0.15, 0.2) is 5.13 Å². The van der Waals surface area contributed by atoms with Gasteiger partial charge in [-0.3, -0.25) is 14.4 Å². The lowest BCUT2D eigenvalue weighted by Crippen LogP contribution is -2.14. The van der Waals surface area contributed by atoms with Crippen molar-refractivity contribution in [2.75, 3.05) is 16.0 Å². The Balaban J connectivity index is 1.54. The maximum Gasteiger partial charge on any atom is 0.275 e. The molecule has 3 rings (SSSR count). The quantitative estimate of drug-likeness (QED) is 0.551. The van der Waals surface area contributed by atoms with E-state index in [0.717, 1.165) is 5.56 Å². The van der Waals surface area contributed by atoms with Crippen LogP contribution in [0.1, 0.15) is 29.4 Å². The summed E-state index contributed by atoms with van der Waals surface area (Å²) in [6, 6.07) is 16.6. The Morgan fingerprint density at radius 1 is 0.931 bits per heavy atom. The van der Waals surface area contributed by atoms with Crippen molar-refractivity contribution in [2.45, 2.75) is 19.8 Å².